The van der Waals surface area contributed by atoms with Crippen LogP contribution in [-0.2, 0) is 10.4 Å². The number of carbonyl (C=O) groups excluding carboxylic acids is 1. The lowest BCUT2D eigenvalue weighted by Gasteiger charge is -2.27. The van der Waals surface area contributed by atoms with Crippen LogP contribution in [0.2, 0.25) is 0 Å². The highest BCUT2D eigenvalue weighted by Crippen LogP contribution is 2.58. The number of primary amides is 1. The Balaban J connectivity index is 2.26. The monoisotopic (exact) mass is 474 g/mol. The van der Waals surface area contributed by atoms with Crippen molar-refractivity contribution in [1.82, 2.24) is 0 Å². The first-order chi connectivity index (χ1) is 14.1. The van der Waals surface area contributed by atoms with Gasteiger partial charge >= 0.3 is 0 Å². The summed E-state index contributed by atoms with van der Waals surface area (Å²) in [6.45, 7) is 0. The number of nitriles is 1. The highest BCUT2D eigenvalue weighted by Gasteiger charge is 2.70. The van der Waals surface area contributed by atoms with Gasteiger partial charge in [-0.3, -0.25) is 25.0 Å². The molecule has 154 valence electrons. The SMILES string of the molecule is N#C[C@@]1(C(N)=O)C[C@](O)(c2ccc(Br)cc2)[C@@H]([N+](=O)[O-])[C@@H]1c1ccc([N+](=O)[O-])cc1. The first kappa shape index (κ1) is 21.4. The first-order valence-electron chi connectivity index (χ1n) is 8.64. The van der Waals surface area contributed by atoms with Crippen molar-refractivity contribution in [1.29, 1.82) is 5.26 Å². The van der Waals surface area contributed by atoms with Gasteiger partial charge in [-0.15, -0.1) is 0 Å². The number of amides is 1. The highest BCUT2D eigenvalue weighted by molar-refractivity contribution is 9.10. The number of nitro groups is 2. The maximum absolute atomic E-state index is 12.4. The number of nitrogens with two attached hydrogens (primary N) is 1. The lowest BCUT2D eigenvalue weighted by molar-refractivity contribution is -0.547. The highest BCUT2D eigenvalue weighted by atomic mass is 79.9. The van der Waals surface area contributed by atoms with Gasteiger partial charge in [-0.1, -0.05) is 40.2 Å². The Bertz CT molecular complexity index is 1070. The molecule has 0 aliphatic heterocycles. The van der Waals surface area contributed by atoms with E-state index < -0.39 is 45.2 Å². The normalized spacial score (nSPS) is 27.9. The van der Waals surface area contributed by atoms with Crippen molar-refractivity contribution in [2.45, 2.75) is 24.0 Å². The number of aliphatic hydroxyl groups is 1. The minimum Gasteiger partial charge on any atom is -0.378 e. The third-order valence-corrected chi connectivity index (χ3v) is 6.09. The largest absolute Gasteiger partial charge is 0.378 e. The van der Waals surface area contributed by atoms with Crippen LogP contribution in [0.15, 0.2) is 53.0 Å². The van der Waals surface area contributed by atoms with Crippen molar-refractivity contribution in [2.24, 2.45) is 11.1 Å². The van der Waals surface area contributed by atoms with Gasteiger partial charge in [0.25, 0.3) is 11.7 Å². The second-order valence-corrected chi connectivity index (χ2v) is 8.03. The molecule has 4 atom stereocenters. The smallest absolute Gasteiger partial charge is 0.269 e. The minimum atomic E-state index is -2.18. The molecule has 10 nitrogen and oxygen atoms in total. The molecule has 1 aliphatic carbocycles. The van der Waals surface area contributed by atoms with Crippen LogP contribution in [0.1, 0.15) is 23.5 Å². The summed E-state index contributed by atoms with van der Waals surface area (Å²) in [6.07, 6.45) is -0.596. The molecular weight excluding hydrogens is 460 g/mol. The number of non-ortho nitro benzene ring substituents is 1. The van der Waals surface area contributed by atoms with E-state index in [1.165, 1.54) is 24.3 Å². The molecule has 0 unspecified atom stereocenters. The van der Waals surface area contributed by atoms with E-state index in [9.17, 15) is 35.4 Å². The Morgan fingerprint density at radius 1 is 1.17 bits per heavy atom. The van der Waals surface area contributed by atoms with E-state index in [-0.39, 0.29) is 16.8 Å². The van der Waals surface area contributed by atoms with Crippen LogP contribution in [0.4, 0.5) is 5.69 Å². The van der Waals surface area contributed by atoms with Gasteiger partial charge in [-0.05, 0) is 23.3 Å². The lowest BCUT2D eigenvalue weighted by Crippen LogP contribution is -2.43. The molecule has 0 heterocycles. The molecule has 1 saturated carbocycles. The maximum atomic E-state index is 12.4. The fourth-order valence-electron chi connectivity index (χ4n) is 4.17. The molecule has 2 aromatic carbocycles. The van der Waals surface area contributed by atoms with Crippen LogP contribution in [0, 0.1) is 37.0 Å². The van der Waals surface area contributed by atoms with E-state index in [0.717, 1.165) is 12.1 Å². The summed E-state index contributed by atoms with van der Waals surface area (Å²) in [5.41, 5.74) is 1.25. The summed E-state index contributed by atoms with van der Waals surface area (Å²) < 4.78 is 0.666. The molecule has 11 heteroatoms. The summed E-state index contributed by atoms with van der Waals surface area (Å²) in [7, 11) is 0. The van der Waals surface area contributed by atoms with E-state index in [4.69, 9.17) is 5.73 Å². The van der Waals surface area contributed by atoms with Gasteiger partial charge in [0.15, 0.2) is 11.0 Å². The standard InChI is InChI=1S/C19H15BrN4O6/c20-13-5-3-12(4-6-13)19(26)9-18(10-21,17(22)25)15(16(19)24(29)30)11-1-7-14(8-2-11)23(27)28/h1-8,15-16,26H,9H2,(H2,22,25)/t15-,16-,18-,19-/m0/s1. The van der Waals surface area contributed by atoms with Crippen molar-refractivity contribution in [3.8, 4) is 6.07 Å². The minimum absolute atomic E-state index is 0.121. The number of halogens is 1. The first-order valence-corrected chi connectivity index (χ1v) is 9.43. The summed E-state index contributed by atoms with van der Waals surface area (Å²) >= 11 is 3.25. The molecule has 0 saturated heterocycles. The van der Waals surface area contributed by atoms with E-state index in [0.29, 0.717) is 4.47 Å². The third-order valence-electron chi connectivity index (χ3n) is 5.56. The van der Waals surface area contributed by atoms with E-state index in [1.807, 2.05) is 0 Å². The van der Waals surface area contributed by atoms with Gasteiger partial charge in [0.1, 0.15) is 0 Å². The number of carbonyl (C=O) groups is 1. The quantitative estimate of drug-likeness (QED) is 0.493. The molecule has 1 amide bonds. The van der Waals surface area contributed by atoms with Gasteiger partial charge in [-0.25, -0.2) is 0 Å². The molecule has 30 heavy (non-hydrogen) atoms. The summed E-state index contributed by atoms with van der Waals surface area (Å²) in [5, 5.41) is 44.4. The van der Waals surface area contributed by atoms with Crippen LogP contribution in [0.5, 0.6) is 0 Å². The summed E-state index contributed by atoms with van der Waals surface area (Å²) in [6, 6.07) is 10.8. The maximum Gasteiger partial charge on any atom is 0.269 e. The van der Waals surface area contributed by atoms with Crippen molar-refractivity contribution in [3.05, 3.63) is 84.4 Å². The topological polar surface area (TPSA) is 173 Å². The van der Waals surface area contributed by atoms with Crippen molar-refractivity contribution in [3.63, 3.8) is 0 Å². The molecule has 1 fully saturated rings. The van der Waals surface area contributed by atoms with Gasteiger partial charge in [-0.2, -0.15) is 5.26 Å². The third kappa shape index (κ3) is 3.20. The fourth-order valence-corrected chi connectivity index (χ4v) is 4.43. The Morgan fingerprint density at radius 3 is 2.17 bits per heavy atom. The lowest BCUT2D eigenvalue weighted by atomic mass is 9.74. The fraction of sp³-hybridized carbons (Fsp3) is 0.263. The molecule has 0 aromatic heterocycles. The number of hydrogen-bond acceptors (Lipinski definition) is 7. The molecule has 0 bridgehead atoms. The number of hydrogen-bond donors (Lipinski definition) is 2. The Hall–Kier alpha value is -3.36. The van der Waals surface area contributed by atoms with Gasteiger partial charge < -0.3 is 10.8 Å². The van der Waals surface area contributed by atoms with Crippen LogP contribution >= 0.6 is 15.9 Å². The van der Waals surface area contributed by atoms with Crippen molar-refractivity contribution < 1.29 is 19.7 Å². The number of benzene rings is 2. The zero-order chi connectivity index (χ0) is 22.3. The number of nitrogens with zero attached hydrogens (tertiary/aromatic N) is 3. The van der Waals surface area contributed by atoms with E-state index >= 15 is 0 Å². The molecule has 2 aromatic rings. The van der Waals surface area contributed by atoms with Crippen LogP contribution in [-0.4, -0.2) is 26.9 Å². The molecule has 3 rings (SSSR count). The van der Waals surface area contributed by atoms with E-state index in [2.05, 4.69) is 15.9 Å². The molecule has 0 radical (unpaired) electrons. The molecule has 1 aliphatic rings. The van der Waals surface area contributed by atoms with Crippen molar-refractivity contribution in [2.75, 3.05) is 0 Å². The second-order valence-electron chi connectivity index (χ2n) is 7.11. The predicted molar refractivity (Wildman–Crippen MR) is 107 cm³/mol. The molecular formula is C19H15BrN4O6. The second kappa shape index (κ2) is 7.47. The molecule has 0 spiro atoms. The zero-order valence-corrected chi connectivity index (χ0v) is 16.9. The zero-order valence-electron chi connectivity index (χ0n) is 15.3. The summed E-state index contributed by atoms with van der Waals surface area (Å²) in [4.78, 5) is 34.1. The van der Waals surface area contributed by atoms with Gasteiger partial charge in [0.05, 0.1) is 16.9 Å². The van der Waals surface area contributed by atoms with Crippen LogP contribution < -0.4 is 5.73 Å². The van der Waals surface area contributed by atoms with E-state index in [1.54, 1.807) is 18.2 Å². The summed E-state index contributed by atoms with van der Waals surface area (Å²) in [5.74, 6) is -2.54. The van der Waals surface area contributed by atoms with Gasteiger partial charge in [0.2, 0.25) is 5.91 Å². The average Bonchev–Trinajstić information content (AvgIpc) is 2.99. The Morgan fingerprint density at radius 2 is 1.73 bits per heavy atom. The van der Waals surface area contributed by atoms with Gasteiger partial charge in [0, 0.05) is 27.9 Å². The average molecular weight is 475 g/mol. The number of rotatable bonds is 5. The Labute approximate surface area is 178 Å². The van der Waals surface area contributed by atoms with Crippen molar-refractivity contribution >= 4 is 27.5 Å². The molecule has 3 N–H and O–H groups in total. The number of nitro benzene ring substituents is 1. The van der Waals surface area contributed by atoms with Crippen LogP contribution in [0.25, 0.3) is 0 Å². The predicted octanol–water partition coefficient (Wildman–Crippen LogP) is 2.37. The van der Waals surface area contributed by atoms with Crippen LogP contribution in [0.3, 0.4) is 0 Å². The Kier molecular flexibility index (Phi) is 5.32.